The molecule has 0 aliphatic carbocycles. The number of hydrogen-bond donors (Lipinski definition) is 1. The molecule has 0 aliphatic heterocycles. The van der Waals surface area contributed by atoms with Crippen molar-refractivity contribution in [2.24, 2.45) is 17.8 Å². The summed E-state index contributed by atoms with van der Waals surface area (Å²) < 4.78 is 11.0. The molecule has 0 fully saturated rings. The summed E-state index contributed by atoms with van der Waals surface area (Å²) in [6.45, 7) is 18.4. The highest BCUT2D eigenvalue weighted by Gasteiger charge is 2.03. The van der Waals surface area contributed by atoms with E-state index in [2.05, 4.69) is 41.5 Å². The number of aldehydes is 1. The molecule has 0 saturated carbocycles. The molecule has 0 unspecified atom stereocenters. The van der Waals surface area contributed by atoms with E-state index in [4.69, 9.17) is 19.4 Å². The minimum atomic E-state index is -0.0486. The van der Waals surface area contributed by atoms with Crippen LogP contribution in [-0.4, -0.2) is 37.5 Å². The molecular weight excluding hydrogens is 292 g/mol. The molecule has 0 saturated heterocycles. The van der Waals surface area contributed by atoms with Crippen molar-refractivity contribution in [3.05, 3.63) is 0 Å². The van der Waals surface area contributed by atoms with Gasteiger partial charge in [-0.15, -0.1) is 0 Å². The average Bonchev–Trinajstić information content (AvgIpc) is 2.39. The van der Waals surface area contributed by atoms with E-state index < -0.39 is 0 Å². The first-order valence-electron chi connectivity index (χ1n) is 8.94. The highest BCUT2D eigenvalue weighted by Crippen LogP contribution is 2.04. The molecule has 142 valence electrons. The van der Waals surface area contributed by atoms with Gasteiger partial charge in [0.2, 0.25) is 0 Å². The Hall–Kier alpha value is -0.450. The second-order valence-corrected chi connectivity index (χ2v) is 6.82. The van der Waals surface area contributed by atoms with E-state index in [1.54, 1.807) is 0 Å². The number of aliphatic hydroxyl groups excluding tert-OH is 1. The molecule has 0 bridgehead atoms. The van der Waals surface area contributed by atoms with Gasteiger partial charge in [-0.3, -0.25) is 0 Å². The molecule has 0 heterocycles. The highest BCUT2D eigenvalue weighted by molar-refractivity contribution is 5.44. The van der Waals surface area contributed by atoms with Gasteiger partial charge in [-0.2, -0.15) is 0 Å². The molecule has 0 atom stereocenters. The zero-order chi connectivity index (χ0) is 18.7. The monoisotopic (exact) mass is 334 g/mol. The van der Waals surface area contributed by atoms with E-state index in [0.717, 1.165) is 38.8 Å². The summed E-state index contributed by atoms with van der Waals surface area (Å²) in [5, 5.41) is 8.24. The van der Waals surface area contributed by atoms with Crippen LogP contribution in [0.25, 0.3) is 0 Å². The van der Waals surface area contributed by atoms with Crippen molar-refractivity contribution in [3.63, 3.8) is 0 Å². The Morgan fingerprint density at radius 1 is 0.783 bits per heavy atom. The van der Waals surface area contributed by atoms with Gasteiger partial charge in [0.25, 0.3) is 0 Å². The standard InChI is InChI=1S/C12H26O2.C5H12O.C2H4O/c1-10(2)6-8-13-12(5)14-9-7-11(3)4;1-5(2)3-4-6;1-2-3/h10-12H,6-9H2,1-5H3;5-6H,3-4H2,1-2H3;2H,1H3. The third-order valence-electron chi connectivity index (χ3n) is 2.80. The fourth-order valence-corrected chi connectivity index (χ4v) is 1.25. The van der Waals surface area contributed by atoms with Gasteiger partial charge in [0.1, 0.15) is 6.29 Å². The highest BCUT2D eigenvalue weighted by atomic mass is 16.7. The van der Waals surface area contributed by atoms with Crippen LogP contribution in [0.15, 0.2) is 0 Å². The lowest BCUT2D eigenvalue weighted by Gasteiger charge is -2.15. The molecule has 4 nitrogen and oxygen atoms in total. The van der Waals surface area contributed by atoms with Crippen molar-refractivity contribution < 1.29 is 19.4 Å². The van der Waals surface area contributed by atoms with Crippen LogP contribution < -0.4 is 0 Å². The van der Waals surface area contributed by atoms with Crippen LogP contribution >= 0.6 is 0 Å². The van der Waals surface area contributed by atoms with Gasteiger partial charge in [0.15, 0.2) is 6.29 Å². The van der Waals surface area contributed by atoms with E-state index in [1.807, 2.05) is 6.92 Å². The molecule has 0 aromatic carbocycles. The van der Waals surface area contributed by atoms with Crippen LogP contribution in [-0.2, 0) is 14.3 Å². The van der Waals surface area contributed by atoms with Crippen molar-refractivity contribution in [2.45, 2.75) is 80.9 Å². The van der Waals surface area contributed by atoms with Gasteiger partial charge < -0.3 is 19.4 Å². The predicted molar refractivity (Wildman–Crippen MR) is 98.6 cm³/mol. The molecule has 0 aromatic heterocycles. The van der Waals surface area contributed by atoms with Crippen LogP contribution in [0.3, 0.4) is 0 Å². The van der Waals surface area contributed by atoms with Crippen LogP contribution in [0.5, 0.6) is 0 Å². The second kappa shape index (κ2) is 21.6. The Labute approximate surface area is 145 Å². The lowest BCUT2D eigenvalue weighted by molar-refractivity contribution is -0.133. The number of rotatable bonds is 10. The minimum absolute atomic E-state index is 0.0486. The van der Waals surface area contributed by atoms with Gasteiger partial charge >= 0.3 is 0 Å². The molecule has 0 aromatic rings. The SMILES string of the molecule is CC(C)CCO.CC(C)CCOC(C)OCCC(C)C.CC=O. The van der Waals surface area contributed by atoms with Gasteiger partial charge in [-0.1, -0.05) is 41.5 Å². The average molecular weight is 335 g/mol. The smallest absolute Gasteiger partial charge is 0.154 e. The number of carbonyl (C=O) groups is 1. The first kappa shape index (κ1) is 27.4. The van der Waals surface area contributed by atoms with Crippen molar-refractivity contribution in [1.29, 1.82) is 0 Å². The van der Waals surface area contributed by atoms with Crippen molar-refractivity contribution in [3.8, 4) is 0 Å². The van der Waals surface area contributed by atoms with Gasteiger partial charge in [-0.25, -0.2) is 0 Å². The molecule has 23 heavy (non-hydrogen) atoms. The number of hydrogen-bond acceptors (Lipinski definition) is 4. The molecule has 0 radical (unpaired) electrons. The number of carbonyl (C=O) groups excluding carboxylic acids is 1. The summed E-state index contributed by atoms with van der Waals surface area (Å²) in [5.74, 6) is 2.06. The quantitative estimate of drug-likeness (QED) is 0.465. The zero-order valence-electron chi connectivity index (χ0n) is 16.8. The third kappa shape index (κ3) is 38.9. The summed E-state index contributed by atoms with van der Waals surface area (Å²) >= 11 is 0. The minimum Gasteiger partial charge on any atom is -0.396 e. The number of aliphatic hydroxyl groups is 1. The van der Waals surface area contributed by atoms with Crippen molar-refractivity contribution in [1.82, 2.24) is 0 Å². The predicted octanol–water partition coefficient (Wildman–Crippen LogP) is 4.69. The maximum atomic E-state index is 8.81. The molecule has 0 amide bonds. The summed E-state index contributed by atoms with van der Waals surface area (Å²) in [6, 6.07) is 0. The topological polar surface area (TPSA) is 55.8 Å². The van der Waals surface area contributed by atoms with E-state index in [-0.39, 0.29) is 6.29 Å². The van der Waals surface area contributed by atoms with Crippen LogP contribution in [0.1, 0.15) is 74.7 Å². The second-order valence-electron chi connectivity index (χ2n) is 6.82. The van der Waals surface area contributed by atoms with Gasteiger partial charge in [-0.05, 0) is 50.9 Å². The Morgan fingerprint density at radius 3 is 1.26 bits per heavy atom. The van der Waals surface area contributed by atoms with Gasteiger partial charge in [0, 0.05) is 19.8 Å². The summed E-state index contributed by atoms with van der Waals surface area (Å²) in [7, 11) is 0. The summed E-state index contributed by atoms with van der Waals surface area (Å²) in [6.07, 6.45) is 3.85. The molecule has 0 aliphatic rings. The van der Waals surface area contributed by atoms with E-state index in [1.165, 1.54) is 6.92 Å². The first-order chi connectivity index (χ1) is 10.7. The lowest BCUT2D eigenvalue weighted by Crippen LogP contribution is -2.16. The lowest BCUT2D eigenvalue weighted by atomic mass is 10.1. The maximum Gasteiger partial charge on any atom is 0.154 e. The Balaban J connectivity index is -0.000000368. The van der Waals surface area contributed by atoms with Crippen LogP contribution in [0.2, 0.25) is 0 Å². The Morgan fingerprint density at radius 2 is 1.09 bits per heavy atom. The van der Waals surface area contributed by atoms with Crippen molar-refractivity contribution in [2.75, 3.05) is 19.8 Å². The summed E-state index contributed by atoms with van der Waals surface area (Å²) in [5.41, 5.74) is 0. The molecule has 0 spiro atoms. The van der Waals surface area contributed by atoms with Gasteiger partial charge in [0.05, 0.1) is 0 Å². The van der Waals surface area contributed by atoms with E-state index >= 15 is 0 Å². The fraction of sp³-hybridized carbons (Fsp3) is 0.947. The largest absolute Gasteiger partial charge is 0.396 e. The normalized spacial score (nSPS) is 10.5. The molecular formula is C19H42O4. The van der Waals surface area contributed by atoms with Crippen molar-refractivity contribution >= 4 is 6.29 Å². The summed E-state index contributed by atoms with van der Waals surface area (Å²) in [4.78, 5) is 8.81. The third-order valence-corrected chi connectivity index (χ3v) is 2.80. The van der Waals surface area contributed by atoms with E-state index in [0.29, 0.717) is 24.4 Å². The first-order valence-corrected chi connectivity index (χ1v) is 8.94. The molecule has 1 N–H and O–H groups in total. The molecule has 4 heteroatoms. The van der Waals surface area contributed by atoms with Crippen LogP contribution in [0, 0.1) is 17.8 Å². The number of ether oxygens (including phenoxy) is 2. The van der Waals surface area contributed by atoms with E-state index in [9.17, 15) is 0 Å². The van der Waals surface area contributed by atoms with Crippen LogP contribution in [0.4, 0.5) is 0 Å². The maximum absolute atomic E-state index is 8.81. The zero-order valence-corrected chi connectivity index (χ0v) is 16.8. The Bertz CT molecular complexity index is 201. The Kier molecular flexibility index (Phi) is 25.7. The fourth-order valence-electron chi connectivity index (χ4n) is 1.25. The molecule has 0 rings (SSSR count).